The second-order valence-corrected chi connectivity index (χ2v) is 3.23. The summed E-state index contributed by atoms with van der Waals surface area (Å²) in [6.07, 6.45) is 1.40. The molecule has 1 rings (SSSR count). The van der Waals surface area contributed by atoms with Crippen LogP contribution in [0.15, 0.2) is 0 Å². The number of likely N-dealkylation sites (tertiary alicyclic amines) is 1. The van der Waals surface area contributed by atoms with E-state index in [0.29, 0.717) is 25.8 Å². The molecular formula is C8H13F2NO. The van der Waals surface area contributed by atoms with E-state index in [0.717, 1.165) is 4.90 Å². The van der Waals surface area contributed by atoms with Crippen molar-refractivity contribution in [2.45, 2.75) is 25.7 Å². The zero-order chi connectivity index (χ0) is 9.19. The van der Waals surface area contributed by atoms with Crippen LogP contribution in [-0.2, 0) is 4.79 Å². The topological polar surface area (TPSA) is 20.3 Å². The molecule has 1 saturated heterocycles. The standard InChI is InChI=1S/C8H13F2NO/c1-2-7-3-4-11(6-12)5-8(7,9)10/h6-7H,2-5H2,1H3. The predicted octanol–water partition coefficient (Wildman–Crippen LogP) is 1.51. The van der Waals surface area contributed by atoms with E-state index >= 15 is 0 Å². The van der Waals surface area contributed by atoms with Crippen LogP contribution in [0.5, 0.6) is 0 Å². The van der Waals surface area contributed by atoms with Crippen molar-refractivity contribution in [3.8, 4) is 0 Å². The minimum atomic E-state index is -2.69. The smallest absolute Gasteiger partial charge is 0.268 e. The van der Waals surface area contributed by atoms with Crippen LogP contribution in [0.25, 0.3) is 0 Å². The Morgan fingerprint density at radius 3 is 2.75 bits per heavy atom. The molecule has 70 valence electrons. The molecule has 4 heteroatoms. The van der Waals surface area contributed by atoms with Gasteiger partial charge < -0.3 is 4.90 Å². The van der Waals surface area contributed by atoms with Crippen LogP contribution in [0.1, 0.15) is 19.8 Å². The molecule has 1 heterocycles. The van der Waals surface area contributed by atoms with Crippen LogP contribution in [-0.4, -0.2) is 30.3 Å². The molecule has 0 aromatic rings. The first-order chi connectivity index (χ1) is 5.60. The molecule has 2 nitrogen and oxygen atoms in total. The third-order valence-corrected chi connectivity index (χ3v) is 2.42. The van der Waals surface area contributed by atoms with Crippen LogP contribution in [0.4, 0.5) is 8.78 Å². The summed E-state index contributed by atoms with van der Waals surface area (Å²) >= 11 is 0. The highest BCUT2D eigenvalue weighted by molar-refractivity contribution is 5.47. The fourth-order valence-electron chi connectivity index (χ4n) is 1.60. The van der Waals surface area contributed by atoms with Gasteiger partial charge in [0, 0.05) is 12.5 Å². The Morgan fingerprint density at radius 1 is 1.67 bits per heavy atom. The average Bonchev–Trinajstić information content (AvgIpc) is 2.02. The number of nitrogens with zero attached hydrogens (tertiary/aromatic N) is 1. The maximum atomic E-state index is 13.1. The fourth-order valence-corrected chi connectivity index (χ4v) is 1.60. The number of rotatable bonds is 2. The molecule has 0 aliphatic carbocycles. The van der Waals surface area contributed by atoms with Gasteiger partial charge in [0.05, 0.1) is 6.54 Å². The number of hydrogen-bond acceptors (Lipinski definition) is 1. The summed E-state index contributed by atoms with van der Waals surface area (Å²) in [5.41, 5.74) is 0. The van der Waals surface area contributed by atoms with E-state index < -0.39 is 18.4 Å². The quantitative estimate of drug-likeness (QED) is 0.585. The first kappa shape index (κ1) is 9.42. The average molecular weight is 177 g/mol. The fraction of sp³-hybridized carbons (Fsp3) is 0.875. The van der Waals surface area contributed by atoms with Gasteiger partial charge in [-0.05, 0) is 12.8 Å². The molecule has 0 N–H and O–H groups in total. The van der Waals surface area contributed by atoms with Gasteiger partial charge in [0.25, 0.3) is 5.92 Å². The van der Waals surface area contributed by atoms with Crippen molar-refractivity contribution < 1.29 is 13.6 Å². The van der Waals surface area contributed by atoms with Gasteiger partial charge in [-0.3, -0.25) is 4.79 Å². The number of carbonyl (C=O) groups excluding carboxylic acids is 1. The summed E-state index contributed by atoms with van der Waals surface area (Å²) in [7, 11) is 0. The van der Waals surface area contributed by atoms with Crippen molar-refractivity contribution in [1.29, 1.82) is 0 Å². The molecule has 1 aliphatic heterocycles. The molecular weight excluding hydrogens is 164 g/mol. The van der Waals surface area contributed by atoms with Gasteiger partial charge in [0.1, 0.15) is 0 Å². The summed E-state index contributed by atoms with van der Waals surface area (Å²) in [6, 6.07) is 0. The Kier molecular flexibility index (Phi) is 2.65. The monoisotopic (exact) mass is 177 g/mol. The van der Waals surface area contributed by atoms with E-state index in [1.165, 1.54) is 0 Å². The third kappa shape index (κ3) is 1.73. The minimum Gasteiger partial charge on any atom is -0.339 e. The van der Waals surface area contributed by atoms with Gasteiger partial charge in [0.15, 0.2) is 0 Å². The number of halogens is 2. The summed E-state index contributed by atoms with van der Waals surface area (Å²) in [5.74, 6) is -3.23. The second-order valence-electron chi connectivity index (χ2n) is 3.23. The van der Waals surface area contributed by atoms with Gasteiger partial charge in [-0.2, -0.15) is 0 Å². The SMILES string of the molecule is CCC1CCN(C=O)CC1(F)F. The lowest BCUT2D eigenvalue weighted by atomic mass is 9.91. The highest BCUT2D eigenvalue weighted by atomic mass is 19.3. The molecule has 0 bridgehead atoms. The zero-order valence-corrected chi connectivity index (χ0v) is 7.09. The Labute approximate surface area is 70.5 Å². The first-order valence-corrected chi connectivity index (χ1v) is 4.17. The Morgan fingerprint density at radius 2 is 2.33 bits per heavy atom. The number of piperidine rings is 1. The number of hydrogen-bond donors (Lipinski definition) is 0. The largest absolute Gasteiger partial charge is 0.339 e. The van der Waals surface area contributed by atoms with Crippen molar-refractivity contribution in [2.75, 3.05) is 13.1 Å². The molecule has 0 aromatic heterocycles. The summed E-state index contributed by atoms with van der Waals surface area (Å²) in [5, 5.41) is 0. The first-order valence-electron chi connectivity index (χ1n) is 4.17. The van der Waals surface area contributed by atoms with Crippen LogP contribution in [0.3, 0.4) is 0 Å². The number of alkyl halides is 2. The summed E-state index contributed by atoms with van der Waals surface area (Å²) in [6.45, 7) is 1.82. The maximum Gasteiger partial charge on any atom is 0.268 e. The highest BCUT2D eigenvalue weighted by Gasteiger charge is 2.42. The van der Waals surface area contributed by atoms with Gasteiger partial charge in [-0.15, -0.1) is 0 Å². The lowest BCUT2D eigenvalue weighted by Crippen LogP contribution is -2.47. The second kappa shape index (κ2) is 3.37. The zero-order valence-electron chi connectivity index (χ0n) is 7.09. The minimum absolute atomic E-state index is 0.408. The van der Waals surface area contributed by atoms with Crippen LogP contribution in [0.2, 0.25) is 0 Å². The maximum absolute atomic E-state index is 13.1. The summed E-state index contributed by atoms with van der Waals surface area (Å²) in [4.78, 5) is 11.4. The molecule has 1 aliphatic rings. The third-order valence-electron chi connectivity index (χ3n) is 2.42. The molecule has 1 amide bonds. The van der Waals surface area contributed by atoms with Gasteiger partial charge >= 0.3 is 0 Å². The number of carbonyl (C=O) groups is 1. The van der Waals surface area contributed by atoms with E-state index in [1.54, 1.807) is 6.92 Å². The Bertz CT molecular complexity index is 172. The molecule has 1 atom stereocenters. The predicted molar refractivity (Wildman–Crippen MR) is 41.0 cm³/mol. The van der Waals surface area contributed by atoms with Gasteiger partial charge in [0.2, 0.25) is 6.41 Å². The lowest BCUT2D eigenvalue weighted by Gasteiger charge is -2.35. The van der Waals surface area contributed by atoms with Gasteiger partial charge in [-0.25, -0.2) is 8.78 Å². The Balaban J connectivity index is 2.60. The normalized spacial score (nSPS) is 28.6. The molecule has 1 fully saturated rings. The Hall–Kier alpha value is -0.670. The van der Waals surface area contributed by atoms with E-state index in [-0.39, 0.29) is 0 Å². The molecule has 0 saturated carbocycles. The lowest BCUT2D eigenvalue weighted by molar-refractivity contribution is -0.139. The molecule has 12 heavy (non-hydrogen) atoms. The van der Waals surface area contributed by atoms with Crippen LogP contribution in [0, 0.1) is 5.92 Å². The molecule has 0 spiro atoms. The summed E-state index contributed by atoms with van der Waals surface area (Å²) < 4.78 is 26.2. The van der Waals surface area contributed by atoms with Crippen molar-refractivity contribution in [1.82, 2.24) is 4.90 Å². The van der Waals surface area contributed by atoms with Crippen molar-refractivity contribution in [2.24, 2.45) is 5.92 Å². The van der Waals surface area contributed by atoms with E-state index in [1.807, 2.05) is 0 Å². The van der Waals surface area contributed by atoms with Crippen molar-refractivity contribution in [3.63, 3.8) is 0 Å². The van der Waals surface area contributed by atoms with E-state index in [2.05, 4.69) is 0 Å². The van der Waals surface area contributed by atoms with Crippen molar-refractivity contribution >= 4 is 6.41 Å². The van der Waals surface area contributed by atoms with Gasteiger partial charge in [-0.1, -0.05) is 6.92 Å². The number of amides is 1. The highest BCUT2D eigenvalue weighted by Crippen LogP contribution is 2.34. The van der Waals surface area contributed by atoms with E-state index in [9.17, 15) is 13.6 Å². The van der Waals surface area contributed by atoms with E-state index in [4.69, 9.17) is 0 Å². The van der Waals surface area contributed by atoms with Crippen LogP contribution >= 0.6 is 0 Å². The molecule has 0 radical (unpaired) electrons. The molecule has 1 unspecified atom stereocenters. The van der Waals surface area contributed by atoms with Crippen LogP contribution < -0.4 is 0 Å². The molecule has 0 aromatic carbocycles. The van der Waals surface area contributed by atoms with Crippen molar-refractivity contribution in [3.05, 3.63) is 0 Å².